The number of nitrogens with zero attached hydrogens (tertiary/aromatic N) is 2. The van der Waals surface area contributed by atoms with E-state index in [4.69, 9.17) is 4.42 Å². The normalized spacial score (nSPS) is 11.4. The van der Waals surface area contributed by atoms with Gasteiger partial charge in [0.1, 0.15) is 11.6 Å². The third kappa shape index (κ3) is 3.97. The summed E-state index contributed by atoms with van der Waals surface area (Å²) < 4.78 is 7.81. The van der Waals surface area contributed by atoms with Gasteiger partial charge >= 0.3 is 0 Å². The van der Waals surface area contributed by atoms with Crippen LogP contribution in [0.2, 0.25) is 0 Å². The van der Waals surface area contributed by atoms with Crippen molar-refractivity contribution in [2.24, 2.45) is 5.92 Å². The van der Waals surface area contributed by atoms with E-state index < -0.39 is 0 Å². The second-order valence-electron chi connectivity index (χ2n) is 5.62. The summed E-state index contributed by atoms with van der Waals surface area (Å²) in [5.41, 5.74) is 1.24. The van der Waals surface area contributed by atoms with E-state index in [1.165, 1.54) is 5.56 Å². The van der Waals surface area contributed by atoms with Crippen molar-refractivity contribution in [3.05, 3.63) is 41.9 Å². The molecule has 0 aliphatic carbocycles. The molecule has 0 aromatic carbocycles. The van der Waals surface area contributed by atoms with E-state index in [9.17, 15) is 0 Å². The quantitative estimate of drug-likeness (QED) is 0.804. The van der Waals surface area contributed by atoms with Crippen LogP contribution in [-0.2, 0) is 19.5 Å². The molecule has 20 heavy (non-hydrogen) atoms. The number of aromatic nitrogens is 2. The maximum atomic E-state index is 5.64. The summed E-state index contributed by atoms with van der Waals surface area (Å²) in [6, 6.07) is 2.05. The molecular weight excluding hydrogens is 250 g/mol. The average molecular weight is 275 g/mol. The van der Waals surface area contributed by atoms with Crippen LogP contribution < -0.4 is 5.32 Å². The smallest absolute Gasteiger partial charge is 0.127 e. The van der Waals surface area contributed by atoms with E-state index in [1.807, 2.05) is 12.4 Å². The van der Waals surface area contributed by atoms with Crippen molar-refractivity contribution in [1.29, 1.82) is 0 Å². The first-order chi connectivity index (χ1) is 9.70. The highest BCUT2D eigenvalue weighted by molar-refractivity contribution is 5.17. The molecule has 0 saturated carbocycles. The Morgan fingerprint density at radius 1 is 1.40 bits per heavy atom. The Balaban J connectivity index is 1.99. The summed E-state index contributed by atoms with van der Waals surface area (Å²) in [7, 11) is 0. The highest BCUT2D eigenvalue weighted by atomic mass is 16.3. The van der Waals surface area contributed by atoms with Gasteiger partial charge in [-0.1, -0.05) is 20.8 Å². The van der Waals surface area contributed by atoms with Crippen molar-refractivity contribution in [1.82, 2.24) is 14.9 Å². The standard InChI is InChI=1S/C16H25N3O/c1-4-5-16-18-7-8-19(16)12-15-14(6-9-20-15)11-17-10-13(2)3/h6-9,13,17H,4-5,10-12H2,1-3H3. The molecule has 0 aliphatic heterocycles. The third-order valence-corrected chi connectivity index (χ3v) is 3.29. The monoisotopic (exact) mass is 275 g/mol. The molecule has 2 heterocycles. The number of aryl methyl sites for hydroxylation is 1. The molecule has 1 N–H and O–H groups in total. The van der Waals surface area contributed by atoms with Gasteiger partial charge < -0.3 is 14.3 Å². The first-order valence-electron chi connectivity index (χ1n) is 7.46. The van der Waals surface area contributed by atoms with Gasteiger partial charge in [-0.2, -0.15) is 0 Å². The van der Waals surface area contributed by atoms with Gasteiger partial charge in [-0.15, -0.1) is 0 Å². The van der Waals surface area contributed by atoms with Crippen LogP contribution in [0.5, 0.6) is 0 Å². The van der Waals surface area contributed by atoms with Crippen LogP contribution in [-0.4, -0.2) is 16.1 Å². The largest absolute Gasteiger partial charge is 0.467 e. The van der Waals surface area contributed by atoms with Crippen molar-refractivity contribution in [2.45, 2.75) is 46.7 Å². The van der Waals surface area contributed by atoms with E-state index in [0.717, 1.165) is 44.1 Å². The zero-order valence-corrected chi connectivity index (χ0v) is 12.7. The van der Waals surface area contributed by atoms with Gasteiger partial charge in [0.2, 0.25) is 0 Å². The maximum absolute atomic E-state index is 5.64. The molecule has 2 aromatic rings. The third-order valence-electron chi connectivity index (χ3n) is 3.29. The molecule has 0 spiro atoms. The predicted molar refractivity (Wildman–Crippen MR) is 80.6 cm³/mol. The van der Waals surface area contributed by atoms with Crippen LogP contribution in [0.4, 0.5) is 0 Å². The molecule has 4 nitrogen and oxygen atoms in total. The van der Waals surface area contributed by atoms with E-state index in [2.05, 4.69) is 41.7 Å². The van der Waals surface area contributed by atoms with Gasteiger partial charge in [-0.05, 0) is 24.9 Å². The lowest BCUT2D eigenvalue weighted by atomic mass is 10.2. The van der Waals surface area contributed by atoms with Crippen LogP contribution in [0.1, 0.15) is 44.3 Å². The molecule has 0 atom stereocenters. The number of hydrogen-bond acceptors (Lipinski definition) is 3. The molecule has 0 bridgehead atoms. The van der Waals surface area contributed by atoms with Crippen LogP contribution >= 0.6 is 0 Å². The summed E-state index contributed by atoms with van der Waals surface area (Å²) >= 11 is 0. The molecule has 2 rings (SSSR count). The number of furan rings is 1. The van der Waals surface area contributed by atoms with Gasteiger partial charge in [0, 0.05) is 30.9 Å². The lowest BCUT2D eigenvalue weighted by Crippen LogP contribution is -2.19. The van der Waals surface area contributed by atoms with Crippen molar-refractivity contribution in [3.63, 3.8) is 0 Å². The van der Waals surface area contributed by atoms with Gasteiger partial charge in [-0.25, -0.2) is 4.98 Å². The Morgan fingerprint density at radius 2 is 2.25 bits per heavy atom. The molecule has 2 aromatic heterocycles. The average Bonchev–Trinajstić information content (AvgIpc) is 3.01. The van der Waals surface area contributed by atoms with Crippen LogP contribution in [0.3, 0.4) is 0 Å². The highest BCUT2D eigenvalue weighted by Crippen LogP contribution is 2.14. The molecular formula is C16H25N3O. The fraction of sp³-hybridized carbons (Fsp3) is 0.562. The van der Waals surface area contributed by atoms with Crippen LogP contribution in [0.25, 0.3) is 0 Å². The van der Waals surface area contributed by atoms with Crippen molar-refractivity contribution in [3.8, 4) is 0 Å². The highest BCUT2D eigenvalue weighted by Gasteiger charge is 2.09. The Labute approximate surface area is 121 Å². The number of imidazole rings is 1. The van der Waals surface area contributed by atoms with Crippen molar-refractivity contribution < 1.29 is 4.42 Å². The first-order valence-corrected chi connectivity index (χ1v) is 7.46. The molecule has 4 heteroatoms. The first kappa shape index (κ1) is 14.9. The zero-order chi connectivity index (χ0) is 14.4. The molecule has 0 amide bonds. The SMILES string of the molecule is CCCc1nccn1Cc1occc1CNCC(C)C. The number of hydrogen-bond donors (Lipinski definition) is 1. The fourth-order valence-corrected chi connectivity index (χ4v) is 2.25. The van der Waals surface area contributed by atoms with Crippen molar-refractivity contribution >= 4 is 0 Å². The Morgan fingerprint density at radius 3 is 3.00 bits per heavy atom. The minimum absolute atomic E-state index is 0.662. The fourth-order valence-electron chi connectivity index (χ4n) is 2.25. The second kappa shape index (κ2) is 7.29. The number of nitrogens with one attached hydrogen (secondary N) is 1. The Hall–Kier alpha value is -1.55. The van der Waals surface area contributed by atoms with Gasteiger partial charge in [0.15, 0.2) is 0 Å². The molecule has 110 valence electrons. The molecule has 0 saturated heterocycles. The molecule has 0 radical (unpaired) electrons. The van der Waals surface area contributed by atoms with E-state index in [1.54, 1.807) is 6.26 Å². The summed E-state index contributed by atoms with van der Waals surface area (Å²) in [6.07, 6.45) is 7.79. The number of rotatable bonds is 8. The molecule has 0 fully saturated rings. The topological polar surface area (TPSA) is 43.0 Å². The zero-order valence-electron chi connectivity index (χ0n) is 12.7. The lowest BCUT2D eigenvalue weighted by Gasteiger charge is -2.09. The van der Waals surface area contributed by atoms with E-state index in [-0.39, 0.29) is 0 Å². The van der Waals surface area contributed by atoms with Crippen LogP contribution in [0, 0.1) is 5.92 Å². The Kier molecular flexibility index (Phi) is 5.41. The molecule has 0 unspecified atom stereocenters. The summed E-state index contributed by atoms with van der Waals surface area (Å²) in [6.45, 7) is 9.25. The summed E-state index contributed by atoms with van der Waals surface area (Å²) in [5.74, 6) is 2.82. The van der Waals surface area contributed by atoms with Gasteiger partial charge in [0.05, 0.1) is 12.8 Å². The van der Waals surface area contributed by atoms with E-state index >= 15 is 0 Å². The minimum Gasteiger partial charge on any atom is -0.467 e. The second-order valence-corrected chi connectivity index (χ2v) is 5.62. The lowest BCUT2D eigenvalue weighted by molar-refractivity contribution is 0.477. The maximum Gasteiger partial charge on any atom is 0.127 e. The summed E-state index contributed by atoms with van der Waals surface area (Å²) in [5, 5.41) is 3.46. The van der Waals surface area contributed by atoms with Crippen molar-refractivity contribution in [2.75, 3.05) is 6.54 Å². The summed E-state index contributed by atoms with van der Waals surface area (Å²) in [4.78, 5) is 4.41. The minimum atomic E-state index is 0.662. The van der Waals surface area contributed by atoms with Gasteiger partial charge in [-0.3, -0.25) is 0 Å². The van der Waals surface area contributed by atoms with Gasteiger partial charge in [0.25, 0.3) is 0 Å². The molecule has 0 aliphatic rings. The van der Waals surface area contributed by atoms with E-state index in [0.29, 0.717) is 5.92 Å². The van der Waals surface area contributed by atoms with Crippen LogP contribution in [0.15, 0.2) is 29.1 Å². The Bertz CT molecular complexity index is 513. The predicted octanol–water partition coefficient (Wildman–Crippen LogP) is 3.22.